The molecule has 1 amide bonds. The summed E-state index contributed by atoms with van der Waals surface area (Å²) in [5, 5.41) is 9.55. The summed E-state index contributed by atoms with van der Waals surface area (Å²) in [6, 6.07) is 7.47. The molecule has 1 rings (SSSR count). The molecule has 0 saturated heterocycles. The van der Waals surface area contributed by atoms with E-state index in [1.165, 1.54) is 16.7 Å². The number of amides is 1. The first-order valence-electron chi connectivity index (χ1n) is 6.70. The third-order valence-electron chi connectivity index (χ3n) is 2.67. The number of halogens is 1. The molecule has 0 bridgehead atoms. The summed E-state index contributed by atoms with van der Waals surface area (Å²) in [5.41, 5.74) is 1.09. The third-order valence-corrected chi connectivity index (χ3v) is 3.91. The van der Waals surface area contributed by atoms with Crippen LogP contribution in [0.25, 0.3) is 0 Å². The summed E-state index contributed by atoms with van der Waals surface area (Å²) in [5.74, 6) is 0.111. The molecule has 0 aliphatic carbocycles. The molecule has 0 aliphatic rings. The van der Waals surface area contributed by atoms with Gasteiger partial charge in [0, 0.05) is 17.3 Å². The summed E-state index contributed by atoms with van der Waals surface area (Å²) < 4.78 is 0. The lowest BCUT2D eigenvalue weighted by atomic mass is 10.2. The second-order valence-electron chi connectivity index (χ2n) is 5.18. The van der Waals surface area contributed by atoms with Crippen LogP contribution in [0.1, 0.15) is 19.4 Å². The molecule has 1 N–H and O–H groups in total. The number of thioether (sulfide) groups is 1. The van der Waals surface area contributed by atoms with Crippen LogP contribution in [-0.2, 0) is 15.3 Å². The van der Waals surface area contributed by atoms with Gasteiger partial charge in [-0.1, -0.05) is 37.6 Å². The number of carbonyl (C=O) groups excluding carboxylic acids is 1. The van der Waals surface area contributed by atoms with Gasteiger partial charge in [0.1, 0.15) is 6.54 Å². The van der Waals surface area contributed by atoms with Crippen molar-refractivity contribution in [3.8, 4) is 0 Å². The van der Waals surface area contributed by atoms with Crippen molar-refractivity contribution in [1.82, 2.24) is 4.90 Å². The van der Waals surface area contributed by atoms with Gasteiger partial charge in [0.2, 0.25) is 5.91 Å². The Morgan fingerprint density at radius 1 is 1.29 bits per heavy atom. The molecule has 0 heterocycles. The number of hydrogen-bond donors (Lipinski definition) is 1. The van der Waals surface area contributed by atoms with Crippen LogP contribution >= 0.6 is 23.4 Å². The summed E-state index contributed by atoms with van der Waals surface area (Å²) in [7, 11) is 0. The molecule has 0 aliphatic heterocycles. The lowest BCUT2D eigenvalue weighted by Crippen LogP contribution is -2.39. The van der Waals surface area contributed by atoms with Crippen molar-refractivity contribution in [1.29, 1.82) is 0 Å². The van der Waals surface area contributed by atoms with E-state index in [0.29, 0.717) is 17.3 Å². The lowest BCUT2D eigenvalue weighted by molar-refractivity contribution is -0.143. The maximum Gasteiger partial charge on any atom is 0.323 e. The van der Waals surface area contributed by atoms with Gasteiger partial charge in [-0.2, -0.15) is 0 Å². The number of carboxylic acid groups (broad SMARTS) is 1. The topological polar surface area (TPSA) is 57.6 Å². The van der Waals surface area contributed by atoms with Gasteiger partial charge >= 0.3 is 5.97 Å². The molecule has 1 aromatic carbocycles. The van der Waals surface area contributed by atoms with E-state index in [9.17, 15) is 9.59 Å². The van der Waals surface area contributed by atoms with Gasteiger partial charge in [0.05, 0.1) is 5.75 Å². The Kier molecular flexibility index (Phi) is 7.61. The van der Waals surface area contributed by atoms with E-state index in [2.05, 4.69) is 0 Å². The molecule has 0 spiro atoms. The molecule has 0 aromatic heterocycles. The van der Waals surface area contributed by atoms with Gasteiger partial charge < -0.3 is 10.0 Å². The minimum atomic E-state index is -0.980. The van der Waals surface area contributed by atoms with Crippen molar-refractivity contribution in [3.63, 3.8) is 0 Å². The fraction of sp³-hybridized carbons (Fsp3) is 0.467. The average Bonchev–Trinajstić information content (AvgIpc) is 2.39. The zero-order valence-corrected chi connectivity index (χ0v) is 13.8. The average molecular weight is 330 g/mol. The molecule has 0 radical (unpaired) electrons. The van der Waals surface area contributed by atoms with Gasteiger partial charge in [0.25, 0.3) is 0 Å². The van der Waals surface area contributed by atoms with E-state index in [0.717, 1.165) is 5.56 Å². The molecule has 0 fully saturated rings. The zero-order valence-electron chi connectivity index (χ0n) is 12.2. The number of hydrogen-bond acceptors (Lipinski definition) is 3. The molecule has 4 nitrogen and oxygen atoms in total. The van der Waals surface area contributed by atoms with Crippen LogP contribution in [0.15, 0.2) is 24.3 Å². The first-order chi connectivity index (χ1) is 9.88. The molecule has 0 atom stereocenters. The number of carboxylic acids is 1. The molecule has 21 heavy (non-hydrogen) atoms. The fourth-order valence-corrected chi connectivity index (χ4v) is 2.80. The second kappa shape index (κ2) is 8.95. The molecule has 116 valence electrons. The van der Waals surface area contributed by atoms with E-state index in [4.69, 9.17) is 16.7 Å². The van der Waals surface area contributed by atoms with Crippen molar-refractivity contribution < 1.29 is 14.7 Å². The highest BCUT2D eigenvalue weighted by atomic mass is 35.5. The van der Waals surface area contributed by atoms with Crippen LogP contribution in [0.5, 0.6) is 0 Å². The van der Waals surface area contributed by atoms with Crippen molar-refractivity contribution in [2.45, 2.75) is 19.6 Å². The number of carbonyl (C=O) groups is 2. The smallest absolute Gasteiger partial charge is 0.323 e. The Morgan fingerprint density at radius 2 is 1.90 bits per heavy atom. The van der Waals surface area contributed by atoms with Gasteiger partial charge in [-0.3, -0.25) is 9.59 Å². The van der Waals surface area contributed by atoms with Gasteiger partial charge in [-0.15, -0.1) is 11.8 Å². The minimum absolute atomic E-state index is 0.134. The summed E-state index contributed by atoms with van der Waals surface area (Å²) in [6.45, 7) is 4.15. The highest BCUT2D eigenvalue weighted by Gasteiger charge is 2.17. The Balaban J connectivity index is 2.45. The van der Waals surface area contributed by atoms with Crippen LogP contribution in [0.3, 0.4) is 0 Å². The van der Waals surface area contributed by atoms with Crippen LogP contribution in [-0.4, -0.2) is 40.7 Å². The van der Waals surface area contributed by atoms with Crippen molar-refractivity contribution >= 4 is 35.2 Å². The summed E-state index contributed by atoms with van der Waals surface area (Å²) in [6.07, 6.45) is 0. The van der Waals surface area contributed by atoms with Crippen LogP contribution in [0, 0.1) is 5.92 Å². The Morgan fingerprint density at radius 3 is 2.43 bits per heavy atom. The van der Waals surface area contributed by atoms with E-state index >= 15 is 0 Å². The molecular formula is C15H20ClNO3S. The quantitative estimate of drug-likeness (QED) is 0.796. The zero-order chi connectivity index (χ0) is 15.8. The van der Waals surface area contributed by atoms with Crippen LogP contribution in [0.2, 0.25) is 5.02 Å². The van der Waals surface area contributed by atoms with Crippen molar-refractivity contribution in [2.24, 2.45) is 5.92 Å². The minimum Gasteiger partial charge on any atom is -0.480 e. The van der Waals surface area contributed by atoms with E-state index < -0.39 is 5.97 Å². The highest BCUT2D eigenvalue weighted by molar-refractivity contribution is 7.99. The first kappa shape index (κ1) is 17.9. The first-order valence-corrected chi connectivity index (χ1v) is 8.23. The number of rotatable bonds is 8. The molecule has 0 unspecified atom stereocenters. The Hall–Kier alpha value is -1.20. The molecule has 6 heteroatoms. The second-order valence-corrected chi connectivity index (χ2v) is 6.60. The SMILES string of the molecule is CC(C)CN(CC(=O)O)C(=O)CSCc1ccc(Cl)cc1. The summed E-state index contributed by atoms with van der Waals surface area (Å²) >= 11 is 7.29. The standard InChI is InChI=1S/C15H20ClNO3S/c1-11(2)7-17(8-15(19)20)14(18)10-21-9-12-3-5-13(16)6-4-12/h3-6,11H,7-10H2,1-2H3,(H,19,20). The van der Waals surface area contributed by atoms with Crippen LogP contribution < -0.4 is 0 Å². The summed E-state index contributed by atoms with van der Waals surface area (Å²) in [4.78, 5) is 24.3. The molecular weight excluding hydrogens is 310 g/mol. The maximum absolute atomic E-state index is 12.1. The van der Waals surface area contributed by atoms with E-state index in [1.807, 2.05) is 38.1 Å². The van der Waals surface area contributed by atoms with E-state index in [1.54, 1.807) is 0 Å². The number of aliphatic carboxylic acids is 1. The van der Waals surface area contributed by atoms with E-state index in [-0.39, 0.29) is 24.1 Å². The molecule has 1 aromatic rings. The van der Waals surface area contributed by atoms with Crippen LogP contribution in [0.4, 0.5) is 0 Å². The third kappa shape index (κ3) is 7.39. The van der Waals surface area contributed by atoms with Crippen molar-refractivity contribution in [3.05, 3.63) is 34.9 Å². The molecule has 0 saturated carbocycles. The predicted octanol–water partition coefficient (Wildman–Crippen LogP) is 3.14. The predicted molar refractivity (Wildman–Crippen MR) is 86.7 cm³/mol. The lowest BCUT2D eigenvalue weighted by Gasteiger charge is -2.22. The van der Waals surface area contributed by atoms with Gasteiger partial charge in [-0.05, 0) is 23.6 Å². The van der Waals surface area contributed by atoms with Crippen molar-refractivity contribution in [2.75, 3.05) is 18.8 Å². The van der Waals surface area contributed by atoms with Gasteiger partial charge in [-0.25, -0.2) is 0 Å². The highest BCUT2D eigenvalue weighted by Crippen LogP contribution is 2.16. The Labute approximate surface area is 134 Å². The number of benzene rings is 1. The maximum atomic E-state index is 12.1. The fourth-order valence-electron chi connectivity index (χ4n) is 1.79. The normalized spacial score (nSPS) is 10.7. The van der Waals surface area contributed by atoms with Gasteiger partial charge in [0.15, 0.2) is 0 Å². The monoisotopic (exact) mass is 329 g/mol. The largest absolute Gasteiger partial charge is 0.480 e. The Bertz CT molecular complexity index is 476. The number of nitrogens with zero attached hydrogens (tertiary/aromatic N) is 1.